The maximum atomic E-state index is 12.7. The second-order valence-corrected chi connectivity index (χ2v) is 9.05. The van der Waals surface area contributed by atoms with E-state index in [-0.39, 0.29) is 24.3 Å². The quantitative estimate of drug-likeness (QED) is 0.576. The summed E-state index contributed by atoms with van der Waals surface area (Å²) in [6.45, 7) is 5.70. The van der Waals surface area contributed by atoms with Crippen LogP contribution in [0.5, 0.6) is 0 Å². The minimum absolute atomic E-state index is 0.0557. The lowest BCUT2D eigenvalue weighted by molar-refractivity contribution is -0.116. The third kappa shape index (κ3) is 4.93. The normalized spacial score (nSPS) is 14.1. The number of nitrogens with one attached hydrogen (secondary N) is 2. The van der Waals surface area contributed by atoms with Crippen LogP contribution in [-0.2, 0) is 11.2 Å². The van der Waals surface area contributed by atoms with Crippen molar-refractivity contribution < 1.29 is 9.59 Å². The van der Waals surface area contributed by atoms with E-state index in [1.807, 2.05) is 26.8 Å². The summed E-state index contributed by atoms with van der Waals surface area (Å²) in [4.78, 5) is 29.8. The topological polar surface area (TPSA) is 112 Å². The minimum Gasteiger partial charge on any atom is -0.349 e. The summed E-state index contributed by atoms with van der Waals surface area (Å²) < 4.78 is 1.65. The molecule has 8 nitrogen and oxygen atoms in total. The molecule has 1 aliphatic carbocycles. The molecule has 176 valence electrons. The molecule has 34 heavy (non-hydrogen) atoms. The fraction of sp³-hybridized carbons (Fsp3) is 0.423. The lowest BCUT2D eigenvalue weighted by atomic mass is 9.95. The molecule has 0 saturated heterocycles. The zero-order chi connectivity index (χ0) is 24.2. The van der Waals surface area contributed by atoms with Crippen LogP contribution in [0.15, 0.2) is 24.4 Å². The monoisotopic (exact) mass is 458 g/mol. The molecule has 3 aromatic rings. The Bertz CT molecular complexity index is 1280. The van der Waals surface area contributed by atoms with Crippen molar-refractivity contribution in [3.8, 4) is 6.07 Å². The van der Waals surface area contributed by atoms with Crippen molar-refractivity contribution >= 4 is 23.1 Å². The number of aromatic nitrogens is 3. The molecule has 0 bridgehead atoms. The van der Waals surface area contributed by atoms with Gasteiger partial charge in [-0.2, -0.15) is 10.4 Å². The average molecular weight is 459 g/mol. The zero-order valence-corrected chi connectivity index (χ0v) is 19.9. The molecule has 0 atom stereocenters. The number of aryl methyl sites for hydroxylation is 3. The summed E-state index contributed by atoms with van der Waals surface area (Å²) >= 11 is 0. The summed E-state index contributed by atoms with van der Waals surface area (Å²) in [5.41, 5.74) is 5.74. The van der Waals surface area contributed by atoms with E-state index in [4.69, 9.17) is 0 Å². The molecule has 2 aromatic heterocycles. The van der Waals surface area contributed by atoms with Gasteiger partial charge in [0.1, 0.15) is 11.6 Å². The van der Waals surface area contributed by atoms with Crippen LogP contribution in [0, 0.1) is 32.1 Å². The summed E-state index contributed by atoms with van der Waals surface area (Å²) in [5, 5.41) is 19.6. The van der Waals surface area contributed by atoms with E-state index in [1.165, 1.54) is 25.5 Å². The molecule has 1 fully saturated rings. The van der Waals surface area contributed by atoms with E-state index in [9.17, 15) is 14.9 Å². The van der Waals surface area contributed by atoms with Gasteiger partial charge in [0.05, 0.1) is 6.20 Å². The number of anilines is 1. The Balaban J connectivity index is 1.38. The fourth-order valence-electron chi connectivity index (χ4n) is 4.66. The summed E-state index contributed by atoms with van der Waals surface area (Å²) in [6, 6.07) is 7.74. The highest BCUT2D eigenvalue weighted by molar-refractivity contribution is 5.96. The van der Waals surface area contributed by atoms with Crippen molar-refractivity contribution in [2.75, 3.05) is 5.32 Å². The molecule has 0 aliphatic heterocycles. The van der Waals surface area contributed by atoms with Gasteiger partial charge in [-0.3, -0.25) is 9.59 Å². The third-order valence-electron chi connectivity index (χ3n) is 6.63. The Morgan fingerprint density at radius 2 is 1.94 bits per heavy atom. The van der Waals surface area contributed by atoms with Gasteiger partial charge < -0.3 is 10.6 Å². The first-order valence-corrected chi connectivity index (χ1v) is 11.8. The van der Waals surface area contributed by atoms with Crippen molar-refractivity contribution in [1.82, 2.24) is 19.9 Å². The SMILES string of the molecule is Cc1cc(C(=O)NC2CCCCC2)ccc1NC(=O)CCc1c(C)nc2c(C#N)cnn2c1C. The standard InChI is InChI=1S/C26H30N6O2/c1-16-13-19(26(34)30-21-7-5-4-6-8-21)9-11-23(16)31-24(33)12-10-22-17(2)29-25-20(14-27)15-28-32(25)18(22)3/h9,11,13,15,21H,4-8,10,12H2,1-3H3,(H,30,34)(H,31,33). The van der Waals surface area contributed by atoms with Crippen LogP contribution >= 0.6 is 0 Å². The molecule has 2 N–H and O–H groups in total. The summed E-state index contributed by atoms with van der Waals surface area (Å²) in [7, 11) is 0. The number of amides is 2. The summed E-state index contributed by atoms with van der Waals surface area (Å²) in [6.07, 6.45) is 7.96. The molecule has 0 spiro atoms. The van der Waals surface area contributed by atoms with Crippen LogP contribution in [0.2, 0.25) is 0 Å². The molecule has 0 radical (unpaired) electrons. The molecule has 0 unspecified atom stereocenters. The van der Waals surface area contributed by atoms with E-state index in [1.54, 1.807) is 16.6 Å². The van der Waals surface area contributed by atoms with Gasteiger partial charge in [-0.25, -0.2) is 9.50 Å². The fourth-order valence-corrected chi connectivity index (χ4v) is 4.66. The predicted octanol–water partition coefficient (Wildman–Crippen LogP) is 4.16. The second kappa shape index (κ2) is 10.0. The second-order valence-electron chi connectivity index (χ2n) is 9.05. The van der Waals surface area contributed by atoms with Crippen LogP contribution in [0.3, 0.4) is 0 Å². The van der Waals surface area contributed by atoms with Gasteiger partial charge >= 0.3 is 0 Å². The molecule has 4 rings (SSSR count). The first-order chi connectivity index (χ1) is 16.4. The van der Waals surface area contributed by atoms with E-state index in [2.05, 4.69) is 26.8 Å². The van der Waals surface area contributed by atoms with Gasteiger partial charge in [0.15, 0.2) is 5.65 Å². The Labute approximate surface area is 199 Å². The summed E-state index contributed by atoms with van der Waals surface area (Å²) in [5.74, 6) is -0.167. The van der Waals surface area contributed by atoms with Gasteiger partial charge in [-0.05, 0) is 69.4 Å². The van der Waals surface area contributed by atoms with Crippen molar-refractivity contribution in [2.24, 2.45) is 0 Å². The average Bonchev–Trinajstić information content (AvgIpc) is 3.23. The van der Waals surface area contributed by atoms with Crippen molar-refractivity contribution in [1.29, 1.82) is 5.26 Å². The maximum absolute atomic E-state index is 12.7. The highest BCUT2D eigenvalue weighted by atomic mass is 16.2. The van der Waals surface area contributed by atoms with Crippen LogP contribution < -0.4 is 10.6 Å². The van der Waals surface area contributed by atoms with Gasteiger partial charge in [0.25, 0.3) is 5.91 Å². The van der Waals surface area contributed by atoms with E-state index in [0.717, 1.165) is 35.4 Å². The number of nitriles is 1. The maximum Gasteiger partial charge on any atom is 0.251 e. The third-order valence-corrected chi connectivity index (χ3v) is 6.63. The predicted molar refractivity (Wildman–Crippen MR) is 130 cm³/mol. The molecular weight excluding hydrogens is 428 g/mol. The number of fused-ring (bicyclic) bond motifs is 1. The Morgan fingerprint density at radius 1 is 1.18 bits per heavy atom. The van der Waals surface area contributed by atoms with Crippen LogP contribution in [-0.4, -0.2) is 32.5 Å². The number of benzene rings is 1. The largest absolute Gasteiger partial charge is 0.349 e. The lowest BCUT2D eigenvalue weighted by Gasteiger charge is -2.23. The van der Waals surface area contributed by atoms with Crippen molar-refractivity contribution in [2.45, 2.75) is 71.8 Å². The van der Waals surface area contributed by atoms with Gasteiger partial charge in [0.2, 0.25) is 5.91 Å². The first kappa shape index (κ1) is 23.4. The number of carbonyl (C=O) groups is 2. The van der Waals surface area contributed by atoms with Crippen molar-refractivity contribution in [3.63, 3.8) is 0 Å². The van der Waals surface area contributed by atoms with Gasteiger partial charge in [-0.1, -0.05) is 19.3 Å². The molecule has 2 heterocycles. The Hall–Kier alpha value is -3.73. The zero-order valence-electron chi connectivity index (χ0n) is 19.9. The van der Waals surface area contributed by atoms with Crippen LogP contribution in [0.4, 0.5) is 5.69 Å². The van der Waals surface area contributed by atoms with E-state index in [0.29, 0.717) is 28.9 Å². The highest BCUT2D eigenvalue weighted by Crippen LogP contribution is 2.21. The van der Waals surface area contributed by atoms with Gasteiger partial charge in [-0.15, -0.1) is 0 Å². The molecule has 8 heteroatoms. The molecular formula is C26H30N6O2. The number of hydrogen-bond acceptors (Lipinski definition) is 5. The number of carbonyl (C=O) groups excluding carboxylic acids is 2. The number of hydrogen-bond donors (Lipinski definition) is 2. The van der Waals surface area contributed by atoms with E-state index >= 15 is 0 Å². The highest BCUT2D eigenvalue weighted by Gasteiger charge is 2.18. The molecule has 1 saturated carbocycles. The van der Waals surface area contributed by atoms with E-state index < -0.39 is 0 Å². The molecule has 1 aliphatic rings. The van der Waals surface area contributed by atoms with Crippen LogP contribution in [0.25, 0.3) is 5.65 Å². The van der Waals surface area contributed by atoms with Crippen LogP contribution in [0.1, 0.15) is 77.0 Å². The molecule has 2 amide bonds. The number of nitrogens with zero attached hydrogens (tertiary/aromatic N) is 4. The molecule has 1 aromatic carbocycles. The Morgan fingerprint density at radius 3 is 2.65 bits per heavy atom. The lowest BCUT2D eigenvalue weighted by Crippen LogP contribution is -2.36. The number of rotatable bonds is 6. The van der Waals surface area contributed by atoms with Crippen molar-refractivity contribution in [3.05, 3.63) is 58.0 Å². The Kier molecular flexibility index (Phi) is 6.92. The smallest absolute Gasteiger partial charge is 0.251 e. The first-order valence-electron chi connectivity index (χ1n) is 11.8. The minimum atomic E-state index is -0.111. The van der Waals surface area contributed by atoms with Gasteiger partial charge in [0, 0.05) is 35.1 Å².